The van der Waals surface area contributed by atoms with Crippen molar-refractivity contribution in [3.05, 3.63) is 64.4 Å². The van der Waals surface area contributed by atoms with Crippen LogP contribution in [0.15, 0.2) is 42.5 Å². The van der Waals surface area contributed by atoms with Crippen LogP contribution in [0.25, 0.3) is 0 Å². The van der Waals surface area contributed by atoms with Gasteiger partial charge in [0.1, 0.15) is 18.2 Å². The van der Waals surface area contributed by atoms with E-state index in [1.165, 1.54) is 18.2 Å². The summed E-state index contributed by atoms with van der Waals surface area (Å²) in [5, 5.41) is 2.95. The highest BCUT2D eigenvalue weighted by molar-refractivity contribution is 6.32. The first kappa shape index (κ1) is 15.3. The molecule has 3 nitrogen and oxygen atoms in total. The van der Waals surface area contributed by atoms with E-state index in [1.54, 1.807) is 6.07 Å². The van der Waals surface area contributed by atoms with Gasteiger partial charge in [-0.1, -0.05) is 29.3 Å². The number of benzene rings is 2. The van der Waals surface area contributed by atoms with E-state index in [0.29, 0.717) is 17.9 Å². The summed E-state index contributed by atoms with van der Waals surface area (Å²) in [6.45, 7) is 2.51. The van der Waals surface area contributed by atoms with Gasteiger partial charge in [0.05, 0.1) is 11.6 Å². The van der Waals surface area contributed by atoms with Crippen molar-refractivity contribution in [3.8, 4) is 5.75 Å². The predicted octanol–water partition coefficient (Wildman–Crippen LogP) is 3.60. The van der Waals surface area contributed by atoms with Crippen LogP contribution in [0.5, 0.6) is 5.75 Å². The molecule has 0 heterocycles. The molecular weight excluding hydrogens is 293 g/mol. The van der Waals surface area contributed by atoms with Gasteiger partial charge in [-0.05, 0) is 37.3 Å². The molecule has 5 heteroatoms. The van der Waals surface area contributed by atoms with Crippen molar-refractivity contribution in [2.75, 3.05) is 13.2 Å². The zero-order chi connectivity index (χ0) is 15.2. The number of ether oxygens (including phenoxy) is 1. The average Bonchev–Trinajstić information content (AvgIpc) is 2.45. The topological polar surface area (TPSA) is 38.3 Å². The number of nitrogens with one attached hydrogen (secondary N) is 1. The zero-order valence-electron chi connectivity index (χ0n) is 11.5. The summed E-state index contributed by atoms with van der Waals surface area (Å²) < 4.78 is 18.3. The van der Waals surface area contributed by atoms with E-state index >= 15 is 0 Å². The first-order chi connectivity index (χ1) is 10.1. The van der Waals surface area contributed by atoms with Crippen molar-refractivity contribution in [1.29, 1.82) is 0 Å². The Morgan fingerprint density at radius 2 is 2.10 bits per heavy atom. The highest BCUT2D eigenvalue weighted by Crippen LogP contribution is 2.24. The normalized spacial score (nSPS) is 10.2. The monoisotopic (exact) mass is 307 g/mol. The van der Waals surface area contributed by atoms with Gasteiger partial charge in [0, 0.05) is 5.56 Å². The number of carbonyl (C=O) groups is 1. The Morgan fingerprint density at radius 3 is 2.81 bits per heavy atom. The molecule has 110 valence electrons. The average molecular weight is 308 g/mol. The summed E-state index contributed by atoms with van der Waals surface area (Å²) >= 11 is 5.83. The Morgan fingerprint density at radius 1 is 1.29 bits per heavy atom. The molecule has 0 saturated heterocycles. The Bertz CT molecular complexity index is 646. The van der Waals surface area contributed by atoms with Crippen LogP contribution in [-0.2, 0) is 0 Å². The van der Waals surface area contributed by atoms with Crippen molar-refractivity contribution in [2.45, 2.75) is 6.92 Å². The van der Waals surface area contributed by atoms with E-state index in [9.17, 15) is 9.18 Å². The molecule has 0 spiro atoms. The van der Waals surface area contributed by atoms with Crippen LogP contribution in [-0.4, -0.2) is 19.1 Å². The molecule has 0 aliphatic rings. The van der Waals surface area contributed by atoms with Gasteiger partial charge >= 0.3 is 0 Å². The number of rotatable bonds is 5. The first-order valence-corrected chi connectivity index (χ1v) is 6.87. The van der Waals surface area contributed by atoms with Gasteiger partial charge in [-0.3, -0.25) is 4.79 Å². The third-order valence-corrected chi connectivity index (χ3v) is 3.11. The number of aryl methyl sites for hydroxylation is 1. The molecule has 1 amide bonds. The summed E-state index contributed by atoms with van der Waals surface area (Å²) in [5.41, 5.74) is 1.63. The largest absolute Gasteiger partial charge is 0.490 e. The highest BCUT2D eigenvalue weighted by Gasteiger charge is 2.06. The van der Waals surface area contributed by atoms with E-state index in [1.807, 2.05) is 25.1 Å². The van der Waals surface area contributed by atoms with Gasteiger partial charge in [0.15, 0.2) is 0 Å². The van der Waals surface area contributed by atoms with E-state index in [2.05, 4.69) is 5.32 Å². The number of amides is 1. The van der Waals surface area contributed by atoms with Crippen LogP contribution in [0, 0.1) is 12.7 Å². The van der Waals surface area contributed by atoms with Crippen molar-refractivity contribution in [1.82, 2.24) is 5.32 Å². The van der Waals surface area contributed by atoms with E-state index in [0.717, 1.165) is 5.56 Å². The molecule has 1 N–H and O–H groups in total. The second-order valence-electron chi connectivity index (χ2n) is 4.55. The second kappa shape index (κ2) is 7.09. The van der Waals surface area contributed by atoms with Gasteiger partial charge < -0.3 is 10.1 Å². The minimum Gasteiger partial charge on any atom is -0.490 e. The molecule has 0 bridgehead atoms. The van der Waals surface area contributed by atoms with E-state index in [-0.39, 0.29) is 17.5 Å². The van der Waals surface area contributed by atoms with Crippen molar-refractivity contribution in [2.24, 2.45) is 0 Å². The fourth-order valence-corrected chi connectivity index (χ4v) is 2.03. The molecule has 0 aliphatic heterocycles. The van der Waals surface area contributed by atoms with Gasteiger partial charge in [-0.2, -0.15) is 0 Å². The smallest absolute Gasteiger partial charge is 0.251 e. The fourth-order valence-electron chi connectivity index (χ4n) is 1.81. The lowest BCUT2D eigenvalue weighted by Crippen LogP contribution is -2.28. The second-order valence-corrected chi connectivity index (χ2v) is 4.96. The van der Waals surface area contributed by atoms with Crippen molar-refractivity contribution >= 4 is 17.5 Å². The van der Waals surface area contributed by atoms with Crippen LogP contribution >= 0.6 is 11.6 Å². The first-order valence-electron chi connectivity index (χ1n) is 6.49. The fraction of sp³-hybridized carbons (Fsp3) is 0.188. The van der Waals surface area contributed by atoms with Crippen LogP contribution in [0.2, 0.25) is 5.02 Å². The molecule has 0 saturated carbocycles. The Hall–Kier alpha value is -2.07. The lowest BCUT2D eigenvalue weighted by Gasteiger charge is -2.09. The summed E-state index contributed by atoms with van der Waals surface area (Å²) in [5.74, 6) is -0.185. The van der Waals surface area contributed by atoms with Crippen LogP contribution in [0.4, 0.5) is 4.39 Å². The number of hydrogen-bond acceptors (Lipinski definition) is 2. The Balaban J connectivity index is 1.80. The highest BCUT2D eigenvalue weighted by atomic mass is 35.5. The van der Waals surface area contributed by atoms with Gasteiger partial charge in [-0.15, -0.1) is 0 Å². The summed E-state index contributed by atoms with van der Waals surface area (Å²) in [4.78, 5) is 11.9. The third-order valence-electron chi connectivity index (χ3n) is 2.82. The quantitative estimate of drug-likeness (QED) is 0.857. The molecular formula is C16H15ClFNO2. The van der Waals surface area contributed by atoms with E-state index < -0.39 is 5.82 Å². The molecule has 0 unspecified atom stereocenters. The molecule has 0 atom stereocenters. The number of carbonyl (C=O) groups excluding carboxylic acids is 1. The summed E-state index contributed by atoms with van der Waals surface area (Å²) in [6, 6.07) is 11.2. The lowest BCUT2D eigenvalue weighted by molar-refractivity contribution is 0.0947. The summed E-state index contributed by atoms with van der Waals surface area (Å²) in [6.07, 6.45) is 0. The minimum absolute atomic E-state index is 0.160. The van der Waals surface area contributed by atoms with Gasteiger partial charge in [0.2, 0.25) is 0 Å². The van der Waals surface area contributed by atoms with E-state index in [4.69, 9.17) is 16.3 Å². The lowest BCUT2D eigenvalue weighted by atomic mass is 10.1. The molecule has 2 aromatic rings. The Kier molecular flexibility index (Phi) is 5.17. The maximum Gasteiger partial charge on any atom is 0.251 e. The number of hydrogen-bond donors (Lipinski definition) is 1. The SMILES string of the molecule is Cc1cccc(C(=O)NCCOc2ccc(F)cc2Cl)c1. The maximum atomic E-state index is 12.9. The van der Waals surface area contributed by atoms with Crippen molar-refractivity contribution < 1.29 is 13.9 Å². The molecule has 0 aromatic heterocycles. The van der Waals surface area contributed by atoms with Gasteiger partial charge in [-0.25, -0.2) is 4.39 Å². The van der Waals surface area contributed by atoms with Crippen LogP contribution < -0.4 is 10.1 Å². The third kappa shape index (κ3) is 4.46. The molecule has 0 aliphatic carbocycles. The minimum atomic E-state index is -0.417. The van der Waals surface area contributed by atoms with Crippen LogP contribution in [0.1, 0.15) is 15.9 Å². The van der Waals surface area contributed by atoms with Crippen molar-refractivity contribution in [3.63, 3.8) is 0 Å². The molecule has 0 fully saturated rings. The molecule has 2 aromatic carbocycles. The molecule has 0 radical (unpaired) electrons. The summed E-state index contributed by atoms with van der Waals surface area (Å²) in [7, 11) is 0. The van der Waals surface area contributed by atoms with Crippen LogP contribution in [0.3, 0.4) is 0 Å². The molecule has 2 rings (SSSR count). The predicted molar refractivity (Wildman–Crippen MR) is 80.4 cm³/mol. The number of halogens is 2. The molecule has 21 heavy (non-hydrogen) atoms. The van der Waals surface area contributed by atoms with Gasteiger partial charge in [0.25, 0.3) is 5.91 Å². The zero-order valence-corrected chi connectivity index (χ0v) is 12.3. The maximum absolute atomic E-state index is 12.9. The standard InChI is InChI=1S/C16H15ClFNO2/c1-11-3-2-4-12(9-11)16(20)19-7-8-21-15-6-5-13(18)10-14(15)17/h2-6,9-10H,7-8H2,1H3,(H,19,20). The Labute approximate surface area is 127 Å².